The molecule has 30 heavy (non-hydrogen) atoms. The number of carbonyl (C=O) groups is 1. The normalized spacial score (nSPS) is 21.5. The van der Waals surface area contributed by atoms with Crippen LogP contribution in [0.1, 0.15) is 85.5 Å². The molecule has 2 fully saturated rings. The van der Waals surface area contributed by atoms with E-state index in [9.17, 15) is 13.2 Å². The summed E-state index contributed by atoms with van der Waals surface area (Å²) in [5.74, 6) is -0.649. The fraction of sp³-hybridized carbons (Fsp3) is 0.955. The highest BCUT2D eigenvalue weighted by Gasteiger charge is 2.56. The van der Waals surface area contributed by atoms with Gasteiger partial charge in [0.25, 0.3) is 0 Å². The number of unbranched alkanes of at least 4 members (excludes halogenated alkanes) is 4. The average molecular weight is 448 g/mol. The van der Waals surface area contributed by atoms with E-state index in [1.54, 1.807) is 20.8 Å². The van der Waals surface area contributed by atoms with Gasteiger partial charge in [0.1, 0.15) is 5.60 Å². The number of ether oxygens (including phenoxy) is 3. The Morgan fingerprint density at radius 1 is 1.07 bits per heavy atom. The van der Waals surface area contributed by atoms with Crippen molar-refractivity contribution >= 4 is 16.0 Å². The van der Waals surface area contributed by atoms with Gasteiger partial charge >= 0.3 is 5.97 Å². The van der Waals surface area contributed by atoms with Crippen LogP contribution in [0.5, 0.6) is 0 Å². The number of hydrogen-bond donors (Lipinski definition) is 0. The van der Waals surface area contributed by atoms with Gasteiger partial charge in [-0.05, 0) is 40.0 Å². The third kappa shape index (κ3) is 6.65. The smallest absolute Gasteiger partial charge is 0.329 e. The fourth-order valence-corrected chi connectivity index (χ4v) is 6.20. The molecule has 2 aliphatic rings. The van der Waals surface area contributed by atoms with Crippen molar-refractivity contribution in [3.8, 4) is 0 Å². The predicted octanol–water partition coefficient (Wildman–Crippen LogP) is 3.66. The van der Waals surface area contributed by atoms with Crippen molar-refractivity contribution in [2.24, 2.45) is 0 Å². The van der Waals surface area contributed by atoms with E-state index in [0.29, 0.717) is 25.9 Å². The molecule has 8 heteroatoms. The van der Waals surface area contributed by atoms with E-state index in [4.69, 9.17) is 14.2 Å². The molecule has 7 nitrogen and oxygen atoms in total. The largest absolute Gasteiger partial charge is 0.459 e. The van der Waals surface area contributed by atoms with E-state index in [2.05, 4.69) is 6.92 Å². The van der Waals surface area contributed by atoms with Crippen molar-refractivity contribution < 1.29 is 27.4 Å². The molecule has 0 saturated carbocycles. The van der Waals surface area contributed by atoms with E-state index in [0.717, 1.165) is 13.0 Å². The summed E-state index contributed by atoms with van der Waals surface area (Å²) in [5, 5.41) is 0. The van der Waals surface area contributed by atoms with E-state index >= 15 is 0 Å². The van der Waals surface area contributed by atoms with Crippen LogP contribution in [0.3, 0.4) is 0 Å². The molecule has 0 spiro atoms. The zero-order chi connectivity index (χ0) is 22.3. The zero-order valence-corrected chi connectivity index (χ0v) is 20.1. The number of esters is 1. The summed E-state index contributed by atoms with van der Waals surface area (Å²) in [7, 11) is -3.85. The molecule has 2 aliphatic heterocycles. The van der Waals surface area contributed by atoms with Crippen LogP contribution < -0.4 is 0 Å². The van der Waals surface area contributed by atoms with Gasteiger partial charge in [-0.25, -0.2) is 12.7 Å². The number of nitrogens with zero attached hydrogens (tertiary/aromatic N) is 1. The molecule has 0 radical (unpaired) electrons. The maximum Gasteiger partial charge on any atom is 0.329 e. The van der Waals surface area contributed by atoms with Crippen molar-refractivity contribution in [3.05, 3.63) is 0 Å². The quantitative estimate of drug-likeness (QED) is 0.375. The Hall–Kier alpha value is -0.700. The van der Waals surface area contributed by atoms with Gasteiger partial charge in [0.05, 0.1) is 6.10 Å². The summed E-state index contributed by atoms with van der Waals surface area (Å²) in [6.45, 7) is 9.47. The lowest BCUT2D eigenvalue weighted by atomic mass is 9.99. The first kappa shape index (κ1) is 25.6. The zero-order valence-electron chi connectivity index (χ0n) is 19.3. The number of hydrogen-bond acceptors (Lipinski definition) is 6. The summed E-state index contributed by atoms with van der Waals surface area (Å²) < 4.78 is 44.0. The predicted molar refractivity (Wildman–Crippen MR) is 117 cm³/mol. The summed E-state index contributed by atoms with van der Waals surface area (Å²) >= 11 is 0. The van der Waals surface area contributed by atoms with Gasteiger partial charge in [-0.15, -0.1) is 0 Å². The minimum atomic E-state index is -3.85. The van der Waals surface area contributed by atoms with Crippen molar-refractivity contribution in [1.29, 1.82) is 0 Å². The topological polar surface area (TPSA) is 82.1 Å². The summed E-state index contributed by atoms with van der Waals surface area (Å²) in [6.07, 6.45) is 7.66. The molecule has 0 aromatic rings. The Morgan fingerprint density at radius 2 is 1.67 bits per heavy atom. The van der Waals surface area contributed by atoms with E-state index in [1.165, 1.54) is 30.0 Å². The molecule has 0 amide bonds. The summed E-state index contributed by atoms with van der Waals surface area (Å²) in [6, 6.07) is 0. The molecular formula is C22H41NO6S. The van der Waals surface area contributed by atoms with Crippen LogP contribution in [0, 0.1) is 0 Å². The van der Waals surface area contributed by atoms with Gasteiger partial charge in [-0.2, -0.15) is 0 Å². The van der Waals surface area contributed by atoms with E-state index in [-0.39, 0.29) is 32.2 Å². The van der Waals surface area contributed by atoms with Crippen LogP contribution in [-0.4, -0.2) is 68.1 Å². The van der Waals surface area contributed by atoms with Crippen LogP contribution in [0.25, 0.3) is 0 Å². The Morgan fingerprint density at radius 3 is 2.23 bits per heavy atom. The van der Waals surface area contributed by atoms with Gasteiger partial charge in [-0.1, -0.05) is 32.6 Å². The highest BCUT2D eigenvalue weighted by molar-refractivity contribution is 7.91. The van der Waals surface area contributed by atoms with E-state index < -0.39 is 26.3 Å². The lowest BCUT2D eigenvalue weighted by Gasteiger charge is -2.41. The summed E-state index contributed by atoms with van der Waals surface area (Å²) in [5.41, 5.74) is -0.740. The van der Waals surface area contributed by atoms with Gasteiger partial charge in [0.2, 0.25) is 10.0 Å². The molecule has 2 rings (SSSR count). The van der Waals surface area contributed by atoms with Crippen molar-refractivity contribution in [3.63, 3.8) is 0 Å². The SMILES string of the molecule is CCCCCCCOC1CCN(S(=O)(=O)C2(C(=O)OC(C)(C)C)CCOCC2)CC1. The first-order chi connectivity index (χ1) is 14.1. The van der Waals surface area contributed by atoms with Crippen LogP contribution in [0.4, 0.5) is 0 Å². The molecule has 0 atom stereocenters. The van der Waals surface area contributed by atoms with Gasteiger partial charge in [0.15, 0.2) is 4.75 Å². The molecular weight excluding hydrogens is 406 g/mol. The number of sulfonamides is 1. The van der Waals surface area contributed by atoms with Gasteiger partial charge < -0.3 is 14.2 Å². The van der Waals surface area contributed by atoms with Crippen molar-refractivity contribution in [2.45, 2.75) is 102 Å². The van der Waals surface area contributed by atoms with Crippen molar-refractivity contribution in [1.82, 2.24) is 4.31 Å². The third-order valence-corrected chi connectivity index (χ3v) is 8.51. The molecule has 0 aliphatic carbocycles. The average Bonchev–Trinajstić information content (AvgIpc) is 2.70. The van der Waals surface area contributed by atoms with Crippen LogP contribution >= 0.6 is 0 Å². The standard InChI is InChI=1S/C22H41NO6S/c1-5-6-7-8-9-16-28-19-10-14-23(15-11-19)30(25,26)22(12-17-27-18-13-22)20(24)29-21(2,3)4/h19H,5-18H2,1-4H3. The van der Waals surface area contributed by atoms with Crippen LogP contribution in [0.2, 0.25) is 0 Å². The minimum absolute atomic E-state index is 0.0924. The highest BCUT2D eigenvalue weighted by atomic mass is 32.2. The molecule has 0 unspecified atom stereocenters. The minimum Gasteiger partial charge on any atom is -0.459 e. The molecule has 0 aromatic heterocycles. The second-order valence-corrected chi connectivity index (χ2v) is 11.7. The van der Waals surface area contributed by atoms with Gasteiger partial charge in [0, 0.05) is 45.8 Å². The Bertz CT molecular complexity index is 629. The first-order valence-corrected chi connectivity index (χ1v) is 13.0. The Kier molecular flexibility index (Phi) is 9.58. The Labute approximate surface area is 182 Å². The third-order valence-electron chi connectivity index (χ3n) is 5.91. The monoisotopic (exact) mass is 447 g/mol. The van der Waals surface area contributed by atoms with Crippen molar-refractivity contribution in [2.75, 3.05) is 32.9 Å². The maximum atomic E-state index is 13.6. The second-order valence-electron chi connectivity index (χ2n) is 9.50. The number of rotatable bonds is 10. The lowest BCUT2D eigenvalue weighted by molar-refractivity contribution is -0.161. The number of carbonyl (C=O) groups excluding carboxylic acids is 1. The maximum absolute atomic E-state index is 13.6. The molecule has 0 aromatic carbocycles. The Balaban J connectivity index is 1.95. The van der Waals surface area contributed by atoms with E-state index in [1.807, 2.05) is 0 Å². The second kappa shape index (κ2) is 11.2. The molecule has 0 bridgehead atoms. The van der Waals surface area contributed by atoms with Crippen LogP contribution in [-0.2, 0) is 29.0 Å². The molecule has 0 N–H and O–H groups in total. The number of piperidine rings is 1. The fourth-order valence-electron chi connectivity index (χ4n) is 4.08. The first-order valence-electron chi connectivity index (χ1n) is 11.5. The lowest BCUT2D eigenvalue weighted by Crippen LogP contribution is -2.59. The highest BCUT2D eigenvalue weighted by Crippen LogP contribution is 2.36. The molecule has 176 valence electrons. The summed E-state index contributed by atoms with van der Waals surface area (Å²) in [4.78, 5) is 13.0. The molecule has 2 heterocycles. The molecule has 2 saturated heterocycles. The van der Waals surface area contributed by atoms with Gasteiger partial charge in [-0.3, -0.25) is 4.79 Å². The van der Waals surface area contributed by atoms with Crippen LogP contribution in [0.15, 0.2) is 0 Å².